The Morgan fingerprint density at radius 3 is 2.71 bits per heavy atom. The zero-order chi connectivity index (χ0) is 15.5. The summed E-state index contributed by atoms with van der Waals surface area (Å²) >= 11 is 0.775. The zero-order valence-electron chi connectivity index (χ0n) is 11.0. The van der Waals surface area contributed by atoms with Gasteiger partial charge in [0.2, 0.25) is 0 Å². The van der Waals surface area contributed by atoms with Crippen LogP contribution in [-0.4, -0.2) is 17.0 Å². The van der Waals surface area contributed by atoms with E-state index in [-0.39, 0.29) is 10.1 Å². The maximum Gasteiger partial charge on any atom is 0.417 e. The third kappa shape index (κ3) is 4.08. The van der Waals surface area contributed by atoms with Crippen LogP contribution in [0.1, 0.15) is 11.1 Å². The number of aromatic nitrogens is 2. The van der Waals surface area contributed by atoms with E-state index in [9.17, 15) is 18.0 Å². The van der Waals surface area contributed by atoms with Crippen molar-refractivity contribution in [2.75, 3.05) is 7.05 Å². The van der Waals surface area contributed by atoms with Gasteiger partial charge in [0, 0.05) is 23.7 Å². The summed E-state index contributed by atoms with van der Waals surface area (Å²) in [6, 6.07) is 5.28. The highest BCUT2D eigenvalue weighted by molar-refractivity contribution is 7.99. The Morgan fingerprint density at radius 1 is 1.33 bits per heavy atom. The minimum Gasteiger partial charge on any atom is -0.316 e. The van der Waals surface area contributed by atoms with Gasteiger partial charge in [-0.3, -0.25) is 4.79 Å². The molecule has 1 aromatic heterocycles. The van der Waals surface area contributed by atoms with Crippen LogP contribution < -0.4 is 10.9 Å². The molecular weight excluding hydrogens is 303 g/mol. The normalized spacial score (nSPS) is 11.6. The topological polar surface area (TPSA) is 57.8 Å². The molecule has 2 aromatic rings. The first-order valence-corrected chi connectivity index (χ1v) is 6.79. The van der Waals surface area contributed by atoms with Gasteiger partial charge in [-0.15, -0.1) is 0 Å². The Kier molecular flexibility index (Phi) is 4.69. The number of hydrogen-bond acceptors (Lipinski definition) is 4. The van der Waals surface area contributed by atoms with Crippen molar-refractivity contribution < 1.29 is 13.2 Å². The zero-order valence-corrected chi connectivity index (χ0v) is 11.8. The van der Waals surface area contributed by atoms with Crippen molar-refractivity contribution in [1.29, 1.82) is 0 Å². The number of nitrogens with zero attached hydrogens (tertiary/aromatic N) is 1. The molecular formula is C13H12F3N3OS. The Labute approximate surface area is 122 Å². The van der Waals surface area contributed by atoms with Gasteiger partial charge in [0.15, 0.2) is 5.16 Å². The molecule has 1 aromatic carbocycles. The lowest BCUT2D eigenvalue weighted by Gasteiger charge is -2.13. The molecule has 21 heavy (non-hydrogen) atoms. The van der Waals surface area contributed by atoms with E-state index in [0.29, 0.717) is 12.1 Å². The summed E-state index contributed by atoms with van der Waals surface area (Å²) in [5.74, 6) is 0. The molecule has 0 radical (unpaired) electrons. The second-order valence-corrected chi connectivity index (χ2v) is 5.23. The van der Waals surface area contributed by atoms with E-state index in [2.05, 4.69) is 15.3 Å². The summed E-state index contributed by atoms with van der Waals surface area (Å²) in [5, 5.41) is 2.93. The summed E-state index contributed by atoms with van der Waals surface area (Å²) in [4.78, 5) is 17.4. The van der Waals surface area contributed by atoms with E-state index in [1.54, 1.807) is 13.1 Å². The van der Waals surface area contributed by atoms with E-state index in [4.69, 9.17) is 0 Å². The maximum atomic E-state index is 13.1. The first kappa shape index (κ1) is 15.6. The molecule has 1 heterocycles. The van der Waals surface area contributed by atoms with Crippen molar-refractivity contribution in [3.05, 3.63) is 51.9 Å². The van der Waals surface area contributed by atoms with Crippen molar-refractivity contribution in [2.45, 2.75) is 22.8 Å². The first-order valence-electron chi connectivity index (χ1n) is 5.98. The second-order valence-electron chi connectivity index (χ2n) is 4.20. The van der Waals surface area contributed by atoms with Crippen LogP contribution in [0.5, 0.6) is 0 Å². The van der Waals surface area contributed by atoms with Gasteiger partial charge < -0.3 is 10.3 Å². The Hall–Kier alpha value is -1.80. The third-order valence-electron chi connectivity index (χ3n) is 2.58. The largest absolute Gasteiger partial charge is 0.417 e. The standard InChI is InChI=1S/C13H12F3N3OS/c1-17-7-8-2-3-10(9(6-8)13(14,15)16)21-12-18-5-4-11(20)19-12/h2-6,17H,7H2,1H3,(H,18,19,20). The Balaban J connectivity index is 2.40. The quantitative estimate of drug-likeness (QED) is 0.852. The van der Waals surface area contributed by atoms with E-state index in [0.717, 1.165) is 17.8 Å². The van der Waals surface area contributed by atoms with Crippen LogP contribution in [-0.2, 0) is 12.7 Å². The maximum absolute atomic E-state index is 13.1. The number of hydrogen-bond donors (Lipinski definition) is 2. The molecule has 8 heteroatoms. The molecule has 0 unspecified atom stereocenters. The lowest BCUT2D eigenvalue weighted by Crippen LogP contribution is -2.11. The van der Waals surface area contributed by atoms with Crippen molar-refractivity contribution in [3.63, 3.8) is 0 Å². The van der Waals surface area contributed by atoms with Crippen LogP contribution in [0.2, 0.25) is 0 Å². The van der Waals surface area contributed by atoms with E-state index in [1.807, 2.05) is 0 Å². The smallest absolute Gasteiger partial charge is 0.316 e. The SMILES string of the molecule is CNCc1ccc(Sc2nccc(=O)[nH]2)c(C(F)(F)F)c1. The first-order chi connectivity index (χ1) is 9.90. The summed E-state index contributed by atoms with van der Waals surface area (Å²) in [6.45, 7) is 0.342. The van der Waals surface area contributed by atoms with Gasteiger partial charge in [-0.1, -0.05) is 17.8 Å². The van der Waals surface area contributed by atoms with Crippen LogP contribution >= 0.6 is 11.8 Å². The molecule has 0 saturated heterocycles. The minimum absolute atomic E-state index is 0.00305. The molecule has 0 aliphatic carbocycles. The molecule has 112 valence electrons. The number of rotatable bonds is 4. The fourth-order valence-electron chi connectivity index (χ4n) is 1.71. The fourth-order valence-corrected chi connectivity index (χ4v) is 2.60. The number of benzene rings is 1. The van der Waals surface area contributed by atoms with Gasteiger partial charge in [-0.2, -0.15) is 13.2 Å². The molecule has 0 aliphatic heterocycles. The average Bonchev–Trinajstić information content (AvgIpc) is 2.39. The highest BCUT2D eigenvalue weighted by Crippen LogP contribution is 2.38. The second kappa shape index (κ2) is 6.31. The Bertz CT molecular complexity index is 685. The predicted molar refractivity (Wildman–Crippen MR) is 73.2 cm³/mol. The molecule has 0 aliphatic rings. The Morgan fingerprint density at radius 2 is 2.10 bits per heavy atom. The van der Waals surface area contributed by atoms with E-state index >= 15 is 0 Å². The van der Waals surface area contributed by atoms with Gasteiger partial charge in [0.25, 0.3) is 5.56 Å². The van der Waals surface area contributed by atoms with Gasteiger partial charge in [-0.25, -0.2) is 4.98 Å². The van der Waals surface area contributed by atoms with E-state index in [1.165, 1.54) is 18.3 Å². The summed E-state index contributed by atoms with van der Waals surface area (Å²) < 4.78 is 39.4. The number of halogens is 3. The van der Waals surface area contributed by atoms with Crippen molar-refractivity contribution in [2.24, 2.45) is 0 Å². The summed E-state index contributed by atoms with van der Waals surface area (Å²) in [6.07, 6.45) is -3.22. The lowest BCUT2D eigenvalue weighted by molar-refractivity contribution is -0.139. The highest BCUT2D eigenvalue weighted by atomic mass is 32.2. The van der Waals surface area contributed by atoms with Crippen LogP contribution in [0.3, 0.4) is 0 Å². The summed E-state index contributed by atoms with van der Waals surface area (Å²) in [7, 11) is 1.66. The van der Waals surface area contributed by atoms with Crippen LogP contribution in [0.25, 0.3) is 0 Å². The van der Waals surface area contributed by atoms with Crippen molar-refractivity contribution in [3.8, 4) is 0 Å². The molecule has 0 atom stereocenters. The molecule has 4 nitrogen and oxygen atoms in total. The average molecular weight is 315 g/mol. The third-order valence-corrected chi connectivity index (χ3v) is 3.56. The van der Waals surface area contributed by atoms with Crippen molar-refractivity contribution >= 4 is 11.8 Å². The number of H-pyrrole nitrogens is 1. The van der Waals surface area contributed by atoms with Gasteiger partial charge in [-0.05, 0) is 24.7 Å². The number of nitrogens with one attached hydrogen (secondary N) is 2. The van der Waals surface area contributed by atoms with Crippen LogP contribution in [0, 0.1) is 0 Å². The number of alkyl halides is 3. The molecule has 0 bridgehead atoms. The highest BCUT2D eigenvalue weighted by Gasteiger charge is 2.34. The van der Waals surface area contributed by atoms with Crippen LogP contribution in [0.4, 0.5) is 13.2 Å². The molecule has 0 saturated carbocycles. The fraction of sp³-hybridized carbons (Fsp3) is 0.231. The minimum atomic E-state index is -4.47. The molecule has 0 amide bonds. The predicted octanol–water partition coefficient (Wildman–Crippen LogP) is 2.66. The van der Waals surface area contributed by atoms with Crippen molar-refractivity contribution in [1.82, 2.24) is 15.3 Å². The molecule has 0 spiro atoms. The van der Waals surface area contributed by atoms with E-state index < -0.39 is 17.3 Å². The number of aromatic amines is 1. The molecule has 2 rings (SSSR count). The molecule has 2 N–H and O–H groups in total. The van der Waals surface area contributed by atoms with Gasteiger partial charge in [0.1, 0.15) is 0 Å². The van der Waals surface area contributed by atoms with Crippen LogP contribution in [0.15, 0.2) is 45.3 Å². The lowest BCUT2D eigenvalue weighted by atomic mass is 10.1. The monoisotopic (exact) mass is 315 g/mol. The summed E-state index contributed by atoms with van der Waals surface area (Å²) in [5.41, 5.74) is -0.622. The van der Waals surface area contributed by atoms with Gasteiger partial charge >= 0.3 is 6.18 Å². The van der Waals surface area contributed by atoms with Gasteiger partial charge in [0.05, 0.1) is 5.56 Å². The molecule has 0 fully saturated rings.